The van der Waals surface area contributed by atoms with Crippen LogP contribution in [-0.4, -0.2) is 52.3 Å². The Morgan fingerprint density at radius 2 is 1.97 bits per heavy atom. The number of rotatable bonds is 10. The number of unbranched alkanes of at least 4 members (excludes halogenated alkanes) is 1. The largest absolute Gasteiger partial charge is 0.497 e. The third kappa shape index (κ3) is 5.29. The molecule has 0 bridgehead atoms. The summed E-state index contributed by atoms with van der Waals surface area (Å²) >= 11 is 0. The topological polar surface area (TPSA) is 118 Å². The first kappa shape index (κ1) is 22.3. The molecule has 0 aliphatic heterocycles. The number of nitrogens with zero attached hydrogens (tertiary/aromatic N) is 2. The fourth-order valence-corrected chi connectivity index (χ4v) is 3.90. The Labute approximate surface area is 170 Å². The molecule has 0 saturated carbocycles. The van der Waals surface area contributed by atoms with Gasteiger partial charge in [0.05, 0.1) is 26.1 Å². The zero-order valence-corrected chi connectivity index (χ0v) is 17.6. The van der Waals surface area contributed by atoms with E-state index in [-0.39, 0.29) is 27.7 Å². The highest BCUT2D eigenvalue weighted by molar-refractivity contribution is 7.92. The summed E-state index contributed by atoms with van der Waals surface area (Å²) < 4.78 is 38.3. The lowest BCUT2D eigenvalue weighted by Crippen LogP contribution is -2.23. The predicted octanol–water partition coefficient (Wildman–Crippen LogP) is 2.83. The maximum atomic E-state index is 12.9. The van der Waals surface area contributed by atoms with Gasteiger partial charge in [0, 0.05) is 19.7 Å². The number of carboxylic acid groups (broad SMARTS) is 1. The van der Waals surface area contributed by atoms with Crippen LogP contribution in [0, 0.1) is 0 Å². The number of sulfonamides is 1. The standard InChI is InChI=1S/C19H25N3O6S/c1-5-6-9-22(2)18-15(19(23)24)10-13(12-20-18)21-29(25,26)17-11-14(27-3)7-8-16(17)28-4/h7-8,10-12,21H,5-6,9H2,1-4H3,(H,23,24). The van der Waals surface area contributed by atoms with Gasteiger partial charge in [0.15, 0.2) is 0 Å². The average Bonchev–Trinajstić information content (AvgIpc) is 2.71. The van der Waals surface area contributed by atoms with Gasteiger partial charge in [-0.25, -0.2) is 18.2 Å². The van der Waals surface area contributed by atoms with E-state index in [0.29, 0.717) is 12.3 Å². The number of aromatic nitrogens is 1. The zero-order chi connectivity index (χ0) is 21.6. The summed E-state index contributed by atoms with van der Waals surface area (Å²) in [4.78, 5) is 17.5. The van der Waals surface area contributed by atoms with E-state index < -0.39 is 16.0 Å². The molecule has 9 nitrogen and oxygen atoms in total. The zero-order valence-electron chi connectivity index (χ0n) is 16.8. The quantitative estimate of drug-likeness (QED) is 0.599. The van der Waals surface area contributed by atoms with Crippen LogP contribution in [-0.2, 0) is 10.0 Å². The van der Waals surface area contributed by atoms with E-state index in [9.17, 15) is 18.3 Å². The molecule has 0 radical (unpaired) electrons. The molecular weight excluding hydrogens is 398 g/mol. The molecule has 0 unspecified atom stereocenters. The first-order valence-electron chi connectivity index (χ1n) is 8.92. The minimum atomic E-state index is -4.08. The summed E-state index contributed by atoms with van der Waals surface area (Å²) in [6.07, 6.45) is 3.11. The van der Waals surface area contributed by atoms with Gasteiger partial charge in [0.1, 0.15) is 27.8 Å². The SMILES string of the molecule is CCCCN(C)c1ncc(NS(=O)(=O)c2cc(OC)ccc2OC)cc1C(=O)O. The molecule has 1 aromatic heterocycles. The van der Waals surface area contributed by atoms with Crippen LogP contribution >= 0.6 is 0 Å². The Balaban J connectivity index is 2.41. The molecular formula is C19H25N3O6S. The molecule has 0 spiro atoms. The number of pyridine rings is 1. The highest BCUT2D eigenvalue weighted by Crippen LogP contribution is 2.30. The van der Waals surface area contributed by atoms with E-state index >= 15 is 0 Å². The summed E-state index contributed by atoms with van der Waals surface area (Å²) in [5, 5.41) is 9.55. The lowest BCUT2D eigenvalue weighted by Gasteiger charge is -2.20. The number of carboxylic acids is 1. The molecule has 158 valence electrons. The molecule has 0 atom stereocenters. The molecule has 0 saturated heterocycles. The van der Waals surface area contributed by atoms with Gasteiger partial charge >= 0.3 is 5.97 Å². The minimum Gasteiger partial charge on any atom is -0.497 e. The number of aromatic carboxylic acids is 1. The summed E-state index contributed by atoms with van der Waals surface area (Å²) in [5.41, 5.74) is -0.0682. The first-order valence-corrected chi connectivity index (χ1v) is 10.4. The number of nitrogens with one attached hydrogen (secondary N) is 1. The highest BCUT2D eigenvalue weighted by Gasteiger charge is 2.23. The van der Waals surface area contributed by atoms with Crippen molar-refractivity contribution < 1.29 is 27.8 Å². The number of carbonyl (C=O) groups is 1. The van der Waals surface area contributed by atoms with Crippen molar-refractivity contribution in [2.45, 2.75) is 24.7 Å². The second-order valence-electron chi connectivity index (χ2n) is 6.30. The number of ether oxygens (including phenoxy) is 2. The summed E-state index contributed by atoms with van der Waals surface area (Å²) in [5.74, 6) is -0.465. The van der Waals surface area contributed by atoms with Crippen molar-refractivity contribution in [3.8, 4) is 11.5 Å². The first-order chi connectivity index (χ1) is 13.7. The number of hydrogen-bond donors (Lipinski definition) is 2. The van der Waals surface area contributed by atoms with E-state index in [4.69, 9.17) is 9.47 Å². The summed E-state index contributed by atoms with van der Waals surface area (Å²) in [7, 11) is 0.438. The van der Waals surface area contributed by atoms with Crippen LogP contribution in [0.1, 0.15) is 30.1 Å². The predicted molar refractivity (Wildman–Crippen MR) is 110 cm³/mol. The van der Waals surface area contributed by atoms with Crippen molar-refractivity contribution in [1.29, 1.82) is 0 Å². The van der Waals surface area contributed by atoms with Gasteiger partial charge in [-0.05, 0) is 24.6 Å². The van der Waals surface area contributed by atoms with E-state index in [1.165, 1.54) is 38.6 Å². The van der Waals surface area contributed by atoms with Gasteiger partial charge in [0.2, 0.25) is 0 Å². The van der Waals surface area contributed by atoms with Crippen molar-refractivity contribution in [3.05, 3.63) is 36.0 Å². The fourth-order valence-electron chi connectivity index (χ4n) is 2.68. The number of methoxy groups -OCH3 is 2. The highest BCUT2D eigenvalue weighted by atomic mass is 32.2. The Kier molecular flexibility index (Phi) is 7.27. The van der Waals surface area contributed by atoms with Gasteiger partial charge in [-0.1, -0.05) is 13.3 Å². The maximum absolute atomic E-state index is 12.9. The molecule has 1 aromatic carbocycles. The Hall–Kier alpha value is -3.01. The minimum absolute atomic E-state index is 0.0277. The number of anilines is 2. The third-order valence-corrected chi connectivity index (χ3v) is 5.62. The van der Waals surface area contributed by atoms with Crippen LogP contribution in [0.15, 0.2) is 35.4 Å². The van der Waals surface area contributed by atoms with Crippen LogP contribution < -0.4 is 19.1 Å². The molecule has 0 amide bonds. The second kappa shape index (κ2) is 9.46. The number of hydrogen-bond acceptors (Lipinski definition) is 7. The van der Waals surface area contributed by atoms with E-state index in [1.807, 2.05) is 6.92 Å². The van der Waals surface area contributed by atoms with Gasteiger partial charge in [-0.2, -0.15) is 0 Å². The lowest BCUT2D eigenvalue weighted by molar-refractivity contribution is 0.0697. The van der Waals surface area contributed by atoms with E-state index in [1.54, 1.807) is 18.0 Å². The Bertz CT molecular complexity index is 978. The molecule has 10 heteroatoms. The molecule has 0 aliphatic rings. The monoisotopic (exact) mass is 423 g/mol. The van der Waals surface area contributed by atoms with Crippen LogP contribution in [0.5, 0.6) is 11.5 Å². The average molecular weight is 423 g/mol. The second-order valence-corrected chi connectivity index (χ2v) is 7.95. The smallest absolute Gasteiger partial charge is 0.339 e. The summed E-state index contributed by atoms with van der Waals surface area (Å²) in [6.45, 7) is 2.67. The van der Waals surface area contributed by atoms with Crippen molar-refractivity contribution in [3.63, 3.8) is 0 Å². The molecule has 2 rings (SSSR count). The Morgan fingerprint density at radius 1 is 1.24 bits per heavy atom. The van der Waals surface area contributed by atoms with Gasteiger partial charge in [-0.15, -0.1) is 0 Å². The fraction of sp³-hybridized carbons (Fsp3) is 0.368. The van der Waals surface area contributed by atoms with Crippen molar-refractivity contribution >= 4 is 27.5 Å². The van der Waals surface area contributed by atoms with Crippen LogP contribution in [0.3, 0.4) is 0 Å². The molecule has 0 fully saturated rings. The number of benzene rings is 1. The van der Waals surface area contributed by atoms with E-state index in [0.717, 1.165) is 12.8 Å². The maximum Gasteiger partial charge on any atom is 0.339 e. The lowest BCUT2D eigenvalue weighted by atomic mass is 10.2. The van der Waals surface area contributed by atoms with Crippen molar-refractivity contribution in [2.75, 3.05) is 37.4 Å². The Morgan fingerprint density at radius 3 is 2.55 bits per heavy atom. The summed E-state index contributed by atoms with van der Waals surface area (Å²) in [6, 6.07) is 5.61. The van der Waals surface area contributed by atoms with Crippen molar-refractivity contribution in [2.24, 2.45) is 0 Å². The van der Waals surface area contributed by atoms with E-state index in [2.05, 4.69) is 9.71 Å². The third-order valence-electron chi connectivity index (χ3n) is 4.22. The van der Waals surface area contributed by atoms with Crippen molar-refractivity contribution in [1.82, 2.24) is 4.98 Å². The molecule has 2 N–H and O–H groups in total. The van der Waals surface area contributed by atoms with Gasteiger partial charge in [-0.3, -0.25) is 4.72 Å². The van der Waals surface area contributed by atoms with Gasteiger partial charge in [0.25, 0.3) is 10.0 Å². The van der Waals surface area contributed by atoms with Crippen LogP contribution in [0.2, 0.25) is 0 Å². The molecule has 2 aromatic rings. The van der Waals surface area contributed by atoms with Crippen LogP contribution in [0.25, 0.3) is 0 Å². The normalized spacial score (nSPS) is 11.0. The van der Waals surface area contributed by atoms with Crippen LogP contribution in [0.4, 0.5) is 11.5 Å². The van der Waals surface area contributed by atoms with Gasteiger partial charge < -0.3 is 19.5 Å². The molecule has 29 heavy (non-hydrogen) atoms. The molecule has 0 aliphatic carbocycles. The molecule has 1 heterocycles.